The zero-order valence-corrected chi connectivity index (χ0v) is 17.9. The van der Waals surface area contributed by atoms with Gasteiger partial charge in [-0.15, -0.1) is 0 Å². The fourth-order valence-electron chi connectivity index (χ4n) is 2.92. The van der Waals surface area contributed by atoms with Gasteiger partial charge in [-0.05, 0) is 35.5 Å². The summed E-state index contributed by atoms with van der Waals surface area (Å²) in [6.45, 7) is 1.50. The van der Waals surface area contributed by atoms with Gasteiger partial charge in [-0.1, -0.05) is 6.07 Å². The zero-order valence-electron chi connectivity index (χ0n) is 17.1. The molecule has 0 atom stereocenters. The molecule has 0 aliphatic carbocycles. The topological polar surface area (TPSA) is 112 Å². The van der Waals surface area contributed by atoms with Crippen LogP contribution in [0.15, 0.2) is 23.1 Å². The molecule has 31 heavy (non-hydrogen) atoms. The van der Waals surface area contributed by atoms with E-state index >= 15 is 0 Å². The van der Waals surface area contributed by atoms with Crippen molar-refractivity contribution < 1.29 is 38.1 Å². The first kappa shape index (κ1) is 22.6. The van der Waals surface area contributed by atoms with Crippen LogP contribution in [0.4, 0.5) is 4.79 Å². The van der Waals surface area contributed by atoms with Gasteiger partial charge in [0.05, 0.1) is 32.3 Å². The Balaban J connectivity index is 1.68. The summed E-state index contributed by atoms with van der Waals surface area (Å²) < 4.78 is 20.7. The van der Waals surface area contributed by atoms with Crippen molar-refractivity contribution in [2.45, 2.75) is 0 Å². The van der Waals surface area contributed by atoms with Gasteiger partial charge in [-0.3, -0.25) is 24.1 Å². The van der Waals surface area contributed by atoms with Gasteiger partial charge in [0.1, 0.15) is 6.54 Å². The standard InChI is InChI=1S/C20H22N2O8S/c1-27-15-9-13(10-16-19(25)22(20(26)31-16)11-18(24)28-2)3-4-14(15)30-12-17(23)21-5-7-29-8-6-21/h3-4,9-10H,5-8,11-12H2,1-2H3/b16-10-. The van der Waals surface area contributed by atoms with Crippen LogP contribution in [-0.4, -0.2) is 86.5 Å². The Kier molecular flexibility index (Phi) is 7.53. The fraction of sp³-hybridized carbons (Fsp3) is 0.400. The van der Waals surface area contributed by atoms with Crippen molar-refractivity contribution in [1.82, 2.24) is 9.80 Å². The lowest BCUT2D eigenvalue weighted by molar-refractivity contribution is -0.143. The second kappa shape index (κ2) is 10.3. The monoisotopic (exact) mass is 450 g/mol. The molecule has 2 aliphatic rings. The lowest BCUT2D eigenvalue weighted by Crippen LogP contribution is -2.43. The van der Waals surface area contributed by atoms with Crippen molar-refractivity contribution in [3.05, 3.63) is 28.7 Å². The molecule has 2 fully saturated rings. The number of thioether (sulfide) groups is 1. The molecule has 0 N–H and O–H groups in total. The quantitative estimate of drug-likeness (QED) is 0.446. The maximum atomic E-state index is 12.4. The van der Waals surface area contributed by atoms with E-state index in [-0.39, 0.29) is 17.4 Å². The number of hydrogen-bond donors (Lipinski definition) is 0. The van der Waals surface area contributed by atoms with Gasteiger partial charge in [0.2, 0.25) is 0 Å². The molecule has 2 aliphatic heterocycles. The molecule has 1 aromatic carbocycles. The van der Waals surface area contributed by atoms with Crippen molar-refractivity contribution in [3.63, 3.8) is 0 Å². The highest BCUT2D eigenvalue weighted by Crippen LogP contribution is 2.34. The lowest BCUT2D eigenvalue weighted by atomic mass is 10.2. The lowest BCUT2D eigenvalue weighted by Gasteiger charge is -2.26. The summed E-state index contributed by atoms with van der Waals surface area (Å²) in [5, 5.41) is -0.546. The SMILES string of the molecule is COC(=O)CN1C(=O)S/C(=C\c2ccc(OCC(=O)N3CCOCC3)c(OC)c2)C1=O. The average Bonchev–Trinajstić information content (AvgIpc) is 3.05. The van der Waals surface area contributed by atoms with Crippen LogP contribution in [0.25, 0.3) is 6.08 Å². The summed E-state index contributed by atoms with van der Waals surface area (Å²) in [5.74, 6) is -0.653. The van der Waals surface area contributed by atoms with Gasteiger partial charge in [0.25, 0.3) is 17.1 Å². The minimum atomic E-state index is -0.682. The molecule has 0 spiro atoms. The van der Waals surface area contributed by atoms with Crippen molar-refractivity contribution in [1.29, 1.82) is 0 Å². The zero-order chi connectivity index (χ0) is 22.4. The van der Waals surface area contributed by atoms with E-state index in [1.165, 1.54) is 20.3 Å². The molecule has 0 bridgehead atoms. The molecule has 2 saturated heterocycles. The van der Waals surface area contributed by atoms with Crippen LogP contribution in [0.1, 0.15) is 5.56 Å². The third-order valence-corrected chi connectivity index (χ3v) is 5.50. The number of esters is 1. The van der Waals surface area contributed by atoms with E-state index in [1.54, 1.807) is 23.1 Å². The number of hydrogen-bond acceptors (Lipinski definition) is 9. The number of carbonyl (C=O) groups excluding carboxylic acids is 4. The summed E-state index contributed by atoms with van der Waals surface area (Å²) in [4.78, 5) is 50.8. The number of imide groups is 1. The Morgan fingerprint density at radius 3 is 2.58 bits per heavy atom. The minimum absolute atomic E-state index is 0.137. The van der Waals surface area contributed by atoms with Crippen molar-refractivity contribution >= 4 is 40.9 Å². The Bertz CT molecular complexity index is 910. The van der Waals surface area contributed by atoms with E-state index in [0.717, 1.165) is 16.7 Å². The van der Waals surface area contributed by atoms with Crippen LogP contribution < -0.4 is 9.47 Å². The molecule has 0 aromatic heterocycles. The summed E-state index contributed by atoms with van der Waals surface area (Å²) in [6.07, 6.45) is 1.52. The maximum absolute atomic E-state index is 12.4. The molecule has 11 heteroatoms. The molecule has 166 valence electrons. The molecule has 3 amide bonds. The average molecular weight is 450 g/mol. The molecule has 1 aromatic rings. The molecule has 0 unspecified atom stereocenters. The van der Waals surface area contributed by atoms with E-state index < -0.39 is 23.7 Å². The number of amides is 3. The number of rotatable bonds is 7. The van der Waals surface area contributed by atoms with Crippen LogP contribution >= 0.6 is 11.8 Å². The predicted molar refractivity (Wildman–Crippen MR) is 111 cm³/mol. The smallest absolute Gasteiger partial charge is 0.325 e. The fourth-order valence-corrected chi connectivity index (χ4v) is 3.76. The summed E-state index contributed by atoms with van der Waals surface area (Å²) in [5.41, 5.74) is 0.590. The number of ether oxygens (including phenoxy) is 4. The van der Waals surface area contributed by atoms with E-state index in [1.807, 2.05) is 0 Å². The van der Waals surface area contributed by atoms with Crippen LogP contribution in [0.5, 0.6) is 11.5 Å². The first-order valence-electron chi connectivity index (χ1n) is 9.41. The van der Waals surface area contributed by atoms with Gasteiger partial charge in [0.15, 0.2) is 18.1 Å². The maximum Gasteiger partial charge on any atom is 0.325 e. The Hall–Kier alpha value is -3.05. The number of benzene rings is 1. The van der Waals surface area contributed by atoms with E-state index in [9.17, 15) is 19.2 Å². The number of nitrogens with zero attached hydrogens (tertiary/aromatic N) is 2. The van der Waals surface area contributed by atoms with Gasteiger partial charge in [-0.2, -0.15) is 0 Å². The molecule has 0 radical (unpaired) electrons. The van der Waals surface area contributed by atoms with E-state index in [4.69, 9.17) is 14.2 Å². The summed E-state index contributed by atoms with van der Waals surface area (Å²) in [7, 11) is 2.64. The highest BCUT2D eigenvalue weighted by Gasteiger charge is 2.36. The van der Waals surface area contributed by atoms with Crippen molar-refractivity contribution in [2.75, 3.05) is 53.7 Å². The third-order valence-electron chi connectivity index (χ3n) is 4.59. The second-order valence-electron chi connectivity index (χ2n) is 6.54. The molecule has 0 saturated carbocycles. The first-order valence-corrected chi connectivity index (χ1v) is 10.2. The largest absolute Gasteiger partial charge is 0.493 e. The number of morpholine rings is 1. The minimum Gasteiger partial charge on any atom is -0.493 e. The van der Waals surface area contributed by atoms with Gasteiger partial charge >= 0.3 is 5.97 Å². The molecular weight excluding hydrogens is 428 g/mol. The normalized spacial score (nSPS) is 17.8. The van der Waals surface area contributed by atoms with Gasteiger partial charge < -0.3 is 23.8 Å². The Morgan fingerprint density at radius 1 is 1.16 bits per heavy atom. The molecule has 3 rings (SSSR count). The van der Waals surface area contributed by atoms with Crippen molar-refractivity contribution in [3.8, 4) is 11.5 Å². The van der Waals surface area contributed by atoms with Crippen LogP contribution in [0.3, 0.4) is 0 Å². The second-order valence-corrected chi connectivity index (χ2v) is 7.53. The Morgan fingerprint density at radius 2 is 1.90 bits per heavy atom. The van der Waals surface area contributed by atoms with Crippen LogP contribution in [0, 0.1) is 0 Å². The van der Waals surface area contributed by atoms with Crippen molar-refractivity contribution in [2.24, 2.45) is 0 Å². The van der Waals surface area contributed by atoms with Gasteiger partial charge in [0, 0.05) is 13.1 Å². The highest BCUT2D eigenvalue weighted by molar-refractivity contribution is 8.18. The summed E-state index contributed by atoms with van der Waals surface area (Å²) in [6, 6.07) is 4.92. The summed E-state index contributed by atoms with van der Waals surface area (Å²) >= 11 is 0.735. The van der Waals surface area contributed by atoms with E-state index in [0.29, 0.717) is 43.4 Å². The highest BCUT2D eigenvalue weighted by atomic mass is 32.2. The predicted octanol–water partition coefficient (Wildman–Crippen LogP) is 1.14. The molecular formula is C20H22N2O8S. The first-order chi connectivity index (χ1) is 14.9. The third kappa shape index (κ3) is 5.56. The molecule has 2 heterocycles. The van der Waals surface area contributed by atoms with Crippen LogP contribution in [0.2, 0.25) is 0 Å². The van der Waals surface area contributed by atoms with Gasteiger partial charge in [-0.25, -0.2) is 0 Å². The number of carbonyl (C=O) groups is 4. The van der Waals surface area contributed by atoms with E-state index in [2.05, 4.69) is 4.74 Å². The van der Waals surface area contributed by atoms with Crippen LogP contribution in [-0.2, 0) is 23.9 Å². The number of methoxy groups -OCH3 is 2. The molecule has 10 nitrogen and oxygen atoms in total. The Labute approximate surface area is 183 Å².